The molecule has 0 aliphatic carbocycles. The van der Waals surface area contributed by atoms with Gasteiger partial charge in [0.15, 0.2) is 0 Å². The number of benzene rings is 1. The van der Waals surface area contributed by atoms with Crippen molar-refractivity contribution in [3.63, 3.8) is 0 Å². The SMILES string of the molecule is CC(C)C(CC(=O)NCc1ncc2ccccn12)c1ccccc1. The number of amides is 1. The largest absolute Gasteiger partial charge is 0.349 e. The van der Waals surface area contributed by atoms with E-state index in [-0.39, 0.29) is 11.8 Å². The molecule has 3 rings (SSSR count). The number of imidazole rings is 1. The number of hydrogen-bond acceptors (Lipinski definition) is 2. The Hall–Kier alpha value is -2.62. The third kappa shape index (κ3) is 3.65. The van der Waals surface area contributed by atoms with Gasteiger partial charge in [-0.1, -0.05) is 50.2 Å². The summed E-state index contributed by atoms with van der Waals surface area (Å²) in [5.74, 6) is 1.54. The van der Waals surface area contributed by atoms with E-state index < -0.39 is 0 Å². The molecule has 0 bridgehead atoms. The number of hydrogen-bond donors (Lipinski definition) is 1. The number of fused-ring (bicyclic) bond motifs is 1. The summed E-state index contributed by atoms with van der Waals surface area (Å²) < 4.78 is 2.00. The van der Waals surface area contributed by atoms with Gasteiger partial charge in [0.1, 0.15) is 5.82 Å². The summed E-state index contributed by atoms with van der Waals surface area (Å²) in [4.78, 5) is 16.8. The molecule has 0 spiro atoms. The van der Waals surface area contributed by atoms with Crippen LogP contribution in [0, 0.1) is 5.92 Å². The Morgan fingerprint density at radius 2 is 1.88 bits per heavy atom. The van der Waals surface area contributed by atoms with Gasteiger partial charge in [0.25, 0.3) is 0 Å². The normalized spacial score (nSPS) is 12.5. The molecule has 0 fully saturated rings. The monoisotopic (exact) mass is 321 g/mol. The van der Waals surface area contributed by atoms with Crippen molar-refractivity contribution in [2.45, 2.75) is 32.7 Å². The predicted molar refractivity (Wildman–Crippen MR) is 95.7 cm³/mol. The van der Waals surface area contributed by atoms with Crippen molar-refractivity contribution >= 4 is 11.4 Å². The van der Waals surface area contributed by atoms with Gasteiger partial charge in [-0.25, -0.2) is 4.98 Å². The Morgan fingerprint density at radius 3 is 2.62 bits per heavy atom. The van der Waals surface area contributed by atoms with E-state index >= 15 is 0 Å². The third-order valence-corrected chi connectivity index (χ3v) is 4.40. The van der Waals surface area contributed by atoms with Gasteiger partial charge in [-0.3, -0.25) is 4.79 Å². The molecule has 2 aromatic heterocycles. The first kappa shape index (κ1) is 16.2. The number of carbonyl (C=O) groups is 1. The quantitative estimate of drug-likeness (QED) is 0.751. The predicted octanol–water partition coefficient (Wildman–Crippen LogP) is 3.78. The Labute approximate surface area is 142 Å². The first-order chi connectivity index (χ1) is 11.6. The fourth-order valence-electron chi connectivity index (χ4n) is 3.02. The fraction of sp³-hybridized carbons (Fsp3) is 0.300. The second-order valence-electron chi connectivity index (χ2n) is 6.41. The number of nitrogens with zero attached hydrogens (tertiary/aromatic N) is 2. The van der Waals surface area contributed by atoms with Crippen molar-refractivity contribution in [1.82, 2.24) is 14.7 Å². The Bertz CT molecular complexity index is 808. The van der Waals surface area contributed by atoms with E-state index in [2.05, 4.69) is 36.3 Å². The van der Waals surface area contributed by atoms with Gasteiger partial charge < -0.3 is 9.72 Å². The molecule has 0 saturated heterocycles. The van der Waals surface area contributed by atoms with Crippen LogP contribution in [0.25, 0.3) is 5.52 Å². The minimum atomic E-state index is 0.0604. The minimum Gasteiger partial charge on any atom is -0.349 e. The highest BCUT2D eigenvalue weighted by atomic mass is 16.1. The molecule has 1 unspecified atom stereocenters. The summed E-state index contributed by atoms with van der Waals surface area (Å²) in [7, 11) is 0. The molecule has 1 N–H and O–H groups in total. The fourth-order valence-corrected chi connectivity index (χ4v) is 3.02. The molecule has 0 aliphatic rings. The van der Waals surface area contributed by atoms with Crippen molar-refractivity contribution < 1.29 is 4.79 Å². The van der Waals surface area contributed by atoms with Gasteiger partial charge in [0.2, 0.25) is 5.91 Å². The van der Waals surface area contributed by atoms with Gasteiger partial charge in [-0.2, -0.15) is 0 Å². The lowest BCUT2D eigenvalue weighted by molar-refractivity contribution is -0.121. The Morgan fingerprint density at radius 1 is 1.12 bits per heavy atom. The maximum absolute atomic E-state index is 12.4. The molecule has 1 aromatic carbocycles. The van der Waals surface area contributed by atoms with Crippen LogP contribution in [0.2, 0.25) is 0 Å². The maximum Gasteiger partial charge on any atom is 0.220 e. The van der Waals surface area contributed by atoms with E-state index in [0.29, 0.717) is 18.9 Å². The van der Waals surface area contributed by atoms with Crippen LogP contribution < -0.4 is 5.32 Å². The van der Waals surface area contributed by atoms with E-state index in [0.717, 1.165) is 11.3 Å². The van der Waals surface area contributed by atoms with Crippen molar-refractivity contribution in [2.24, 2.45) is 5.92 Å². The van der Waals surface area contributed by atoms with Gasteiger partial charge in [0.05, 0.1) is 18.3 Å². The highest BCUT2D eigenvalue weighted by Gasteiger charge is 2.19. The molecule has 1 amide bonds. The van der Waals surface area contributed by atoms with Crippen LogP contribution in [0.5, 0.6) is 0 Å². The van der Waals surface area contributed by atoms with Gasteiger partial charge >= 0.3 is 0 Å². The van der Waals surface area contributed by atoms with E-state index in [1.807, 2.05) is 53.2 Å². The van der Waals surface area contributed by atoms with Crippen LogP contribution in [0.3, 0.4) is 0 Å². The summed E-state index contributed by atoms with van der Waals surface area (Å²) in [6.07, 6.45) is 4.28. The molecule has 4 heteroatoms. The maximum atomic E-state index is 12.4. The second kappa shape index (κ2) is 7.30. The van der Waals surface area contributed by atoms with Crippen LogP contribution in [-0.4, -0.2) is 15.3 Å². The summed E-state index contributed by atoms with van der Waals surface area (Å²) in [5, 5.41) is 3.01. The number of rotatable bonds is 6. The molecular formula is C20H23N3O. The molecule has 2 heterocycles. The Kier molecular flexibility index (Phi) is 4.94. The average Bonchev–Trinajstić information content (AvgIpc) is 3.01. The minimum absolute atomic E-state index is 0.0604. The van der Waals surface area contributed by atoms with Crippen LogP contribution >= 0.6 is 0 Å². The molecule has 24 heavy (non-hydrogen) atoms. The molecule has 1 atom stereocenters. The topological polar surface area (TPSA) is 46.4 Å². The number of carbonyl (C=O) groups excluding carboxylic acids is 1. The molecule has 0 aliphatic heterocycles. The number of aromatic nitrogens is 2. The van der Waals surface area contributed by atoms with Crippen LogP contribution in [0.15, 0.2) is 60.9 Å². The standard InChI is InChI=1S/C20H23N3O/c1-15(2)18(16-8-4-3-5-9-16)12-20(24)22-14-19-21-13-17-10-6-7-11-23(17)19/h3-11,13,15,18H,12,14H2,1-2H3,(H,22,24). The van der Waals surface area contributed by atoms with Gasteiger partial charge in [0, 0.05) is 12.6 Å². The summed E-state index contributed by atoms with van der Waals surface area (Å²) >= 11 is 0. The first-order valence-electron chi connectivity index (χ1n) is 8.37. The molecule has 3 aromatic rings. The number of nitrogens with one attached hydrogen (secondary N) is 1. The van der Waals surface area contributed by atoms with E-state index in [9.17, 15) is 4.79 Å². The average molecular weight is 321 g/mol. The molecule has 0 radical (unpaired) electrons. The third-order valence-electron chi connectivity index (χ3n) is 4.40. The second-order valence-corrected chi connectivity index (χ2v) is 6.41. The smallest absolute Gasteiger partial charge is 0.220 e. The Balaban J connectivity index is 1.64. The lowest BCUT2D eigenvalue weighted by Crippen LogP contribution is -2.26. The van der Waals surface area contributed by atoms with Gasteiger partial charge in [-0.05, 0) is 29.5 Å². The van der Waals surface area contributed by atoms with Crippen LogP contribution in [0.4, 0.5) is 0 Å². The van der Waals surface area contributed by atoms with E-state index in [1.54, 1.807) is 0 Å². The lowest BCUT2D eigenvalue weighted by atomic mass is 9.85. The molecule has 4 nitrogen and oxygen atoms in total. The summed E-state index contributed by atoms with van der Waals surface area (Å²) in [5.41, 5.74) is 2.25. The first-order valence-corrected chi connectivity index (χ1v) is 8.37. The zero-order valence-electron chi connectivity index (χ0n) is 14.1. The number of pyridine rings is 1. The van der Waals surface area contributed by atoms with Gasteiger partial charge in [-0.15, -0.1) is 0 Å². The molecular weight excluding hydrogens is 298 g/mol. The zero-order chi connectivity index (χ0) is 16.9. The van der Waals surface area contributed by atoms with E-state index in [4.69, 9.17) is 0 Å². The highest BCUT2D eigenvalue weighted by Crippen LogP contribution is 2.27. The molecule has 124 valence electrons. The van der Waals surface area contributed by atoms with Crippen molar-refractivity contribution in [2.75, 3.05) is 0 Å². The van der Waals surface area contributed by atoms with Crippen molar-refractivity contribution in [3.05, 3.63) is 72.3 Å². The highest BCUT2D eigenvalue weighted by molar-refractivity contribution is 5.76. The van der Waals surface area contributed by atoms with Crippen molar-refractivity contribution in [1.29, 1.82) is 0 Å². The van der Waals surface area contributed by atoms with Crippen molar-refractivity contribution in [3.8, 4) is 0 Å². The van der Waals surface area contributed by atoms with Crippen LogP contribution in [-0.2, 0) is 11.3 Å². The van der Waals surface area contributed by atoms with E-state index in [1.165, 1.54) is 5.56 Å². The zero-order valence-corrected chi connectivity index (χ0v) is 14.1. The molecule has 0 saturated carbocycles. The van der Waals surface area contributed by atoms with Crippen LogP contribution in [0.1, 0.15) is 37.6 Å². The lowest BCUT2D eigenvalue weighted by Gasteiger charge is -2.20. The summed E-state index contributed by atoms with van der Waals surface area (Å²) in [6, 6.07) is 16.2. The summed E-state index contributed by atoms with van der Waals surface area (Å²) in [6.45, 7) is 4.76.